The number of aromatic nitrogens is 1. The average Bonchev–Trinajstić information content (AvgIpc) is 2.72. The minimum Gasteiger partial charge on any atom is -0.508 e. The highest BCUT2D eigenvalue weighted by molar-refractivity contribution is 7.17. The van der Waals surface area contributed by atoms with Crippen LogP contribution >= 0.6 is 11.3 Å². The summed E-state index contributed by atoms with van der Waals surface area (Å²) in [5, 5.41) is 18.4. The van der Waals surface area contributed by atoms with Crippen molar-refractivity contribution < 1.29 is 24.2 Å². The molecule has 5 nitrogen and oxygen atoms in total. The smallest absolute Gasteiger partial charge is 0.356 e. The summed E-state index contributed by atoms with van der Waals surface area (Å²) in [4.78, 5) is 26.1. The van der Waals surface area contributed by atoms with Crippen molar-refractivity contribution in [2.75, 3.05) is 0 Å². The largest absolute Gasteiger partial charge is 0.508 e. The van der Waals surface area contributed by atoms with Gasteiger partial charge in [-0.3, -0.25) is 4.79 Å². The zero-order valence-electron chi connectivity index (χ0n) is 9.68. The Morgan fingerprint density at radius 3 is 2.47 bits per heavy atom. The minimum atomic E-state index is -1.33. The molecule has 0 saturated carbocycles. The summed E-state index contributed by atoms with van der Waals surface area (Å²) in [6.07, 6.45) is 0. The van der Waals surface area contributed by atoms with Gasteiger partial charge >= 0.3 is 5.97 Å². The van der Waals surface area contributed by atoms with E-state index in [4.69, 9.17) is 5.11 Å². The van der Waals surface area contributed by atoms with E-state index in [1.54, 1.807) is 0 Å². The van der Waals surface area contributed by atoms with Crippen LogP contribution in [-0.4, -0.2) is 26.9 Å². The second-order valence-corrected chi connectivity index (χ2v) is 4.76. The van der Waals surface area contributed by atoms with E-state index in [1.165, 1.54) is 13.0 Å². The highest BCUT2D eigenvalue weighted by Crippen LogP contribution is 2.31. The average molecular weight is 281 g/mol. The number of halogens is 1. The van der Waals surface area contributed by atoms with Crippen LogP contribution in [-0.2, 0) is 0 Å². The van der Waals surface area contributed by atoms with Crippen LogP contribution in [0.25, 0.3) is 10.6 Å². The second-order valence-electron chi connectivity index (χ2n) is 3.76. The molecule has 0 aliphatic carbocycles. The molecule has 2 N–H and O–H groups in total. The first kappa shape index (κ1) is 13.2. The number of nitrogens with zero attached hydrogens (tertiary/aromatic N) is 1. The van der Waals surface area contributed by atoms with E-state index in [0.717, 1.165) is 23.5 Å². The Bertz CT molecular complexity index is 629. The van der Waals surface area contributed by atoms with Gasteiger partial charge in [0.25, 0.3) is 0 Å². The normalized spacial score (nSPS) is 10.4. The number of aromatic carboxylic acids is 1. The van der Waals surface area contributed by atoms with Gasteiger partial charge in [0.05, 0.1) is 0 Å². The summed E-state index contributed by atoms with van der Waals surface area (Å²) < 4.78 is 13.2. The molecule has 0 atom stereocenters. The summed E-state index contributed by atoms with van der Waals surface area (Å²) in [5.74, 6) is -2.73. The first-order chi connectivity index (χ1) is 8.88. The quantitative estimate of drug-likeness (QED) is 0.844. The molecular weight excluding hydrogens is 273 g/mol. The van der Waals surface area contributed by atoms with Gasteiger partial charge in [0.1, 0.15) is 21.5 Å². The predicted octanol–water partition coefficient (Wildman–Crippen LogP) is 2.56. The topological polar surface area (TPSA) is 87.5 Å². The number of benzene rings is 1. The van der Waals surface area contributed by atoms with E-state index < -0.39 is 17.6 Å². The third-order valence-electron chi connectivity index (χ3n) is 2.28. The molecule has 0 spiro atoms. The second kappa shape index (κ2) is 4.77. The fraction of sp³-hybridized carbons (Fsp3) is 0.0833. The molecule has 2 aromatic rings. The Kier molecular flexibility index (Phi) is 3.30. The van der Waals surface area contributed by atoms with E-state index in [-0.39, 0.29) is 26.9 Å². The Hall–Kier alpha value is -2.28. The summed E-state index contributed by atoms with van der Waals surface area (Å²) >= 11 is 0.847. The number of carboxylic acids is 1. The zero-order valence-corrected chi connectivity index (χ0v) is 10.5. The lowest BCUT2D eigenvalue weighted by Crippen LogP contribution is -2.03. The molecular formula is C12H8FNO4S. The number of phenols is 1. The van der Waals surface area contributed by atoms with Crippen molar-refractivity contribution in [1.29, 1.82) is 0 Å². The minimum absolute atomic E-state index is 0.00810. The molecule has 0 fully saturated rings. The SMILES string of the molecule is CC(=O)c1sc(-c2cc(O)cc(F)c2)nc1C(=O)O. The number of thiazole rings is 1. The van der Waals surface area contributed by atoms with Crippen LogP contribution in [0, 0.1) is 5.82 Å². The lowest BCUT2D eigenvalue weighted by molar-refractivity contribution is 0.0687. The first-order valence-electron chi connectivity index (χ1n) is 5.13. The molecule has 0 radical (unpaired) electrons. The third kappa shape index (κ3) is 2.60. The molecule has 98 valence electrons. The summed E-state index contributed by atoms with van der Waals surface area (Å²) in [7, 11) is 0. The van der Waals surface area contributed by atoms with Crippen LogP contribution in [0.4, 0.5) is 4.39 Å². The Morgan fingerprint density at radius 1 is 1.32 bits per heavy atom. The molecule has 7 heteroatoms. The number of carbonyl (C=O) groups is 2. The Balaban J connectivity index is 2.60. The fourth-order valence-corrected chi connectivity index (χ4v) is 2.46. The van der Waals surface area contributed by atoms with Crippen LogP contribution in [0.3, 0.4) is 0 Å². The number of carboxylic acid groups (broad SMARTS) is 1. The summed E-state index contributed by atoms with van der Waals surface area (Å²) in [6.45, 7) is 1.23. The van der Waals surface area contributed by atoms with Crippen LogP contribution in [0.1, 0.15) is 27.1 Å². The molecule has 0 amide bonds. The van der Waals surface area contributed by atoms with Crippen molar-refractivity contribution in [3.63, 3.8) is 0 Å². The van der Waals surface area contributed by atoms with E-state index in [9.17, 15) is 19.1 Å². The lowest BCUT2D eigenvalue weighted by atomic mass is 10.2. The van der Waals surface area contributed by atoms with Gasteiger partial charge in [0.2, 0.25) is 0 Å². The van der Waals surface area contributed by atoms with Crippen molar-refractivity contribution in [3.8, 4) is 16.3 Å². The molecule has 1 heterocycles. The highest BCUT2D eigenvalue weighted by atomic mass is 32.1. The number of carbonyl (C=O) groups excluding carboxylic acids is 1. The molecule has 1 aromatic heterocycles. The van der Waals surface area contributed by atoms with Crippen LogP contribution in [0.15, 0.2) is 18.2 Å². The molecule has 0 aliphatic heterocycles. The van der Waals surface area contributed by atoms with E-state index in [2.05, 4.69) is 4.98 Å². The molecule has 0 unspecified atom stereocenters. The summed E-state index contributed by atoms with van der Waals surface area (Å²) in [5.41, 5.74) is -0.145. The van der Waals surface area contributed by atoms with Gasteiger partial charge in [-0.05, 0) is 12.1 Å². The van der Waals surface area contributed by atoms with Crippen LogP contribution in [0.5, 0.6) is 5.75 Å². The molecule has 19 heavy (non-hydrogen) atoms. The van der Waals surface area contributed by atoms with Crippen LogP contribution < -0.4 is 0 Å². The highest BCUT2D eigenvalue weighted by Gasteiger charge is 2.21. The van der Waals surface area contributed by atoms with Gasteiger partial charge < -0.3 is 10.2 Å². The van der Waals surface area contributed by atoms with Crippen molar-refractivity contribution in [3.05, 3.63) is 34.6 Å². The molecule has 0 aliphatic rings. The lowest BCUT2D eigenvalue weighted by Gasteiger charge is -1.98. The maximum absolute atomic E-state index is 13.2. The maximum Gasteiger partial charge on any atom is 0.356 e. The maximum atomic E-state index is 13.2. The number of hydrogen-bond acceptors (Lipinski definition) is 5. The van der Waals surface area contributed by atoms with Crippen molar-refractivity contribution in [1.82, 2.24) is 4.98 Å². The van der Waals surface area contributed by atoms with Crippen LogP contribution in [0.2, 0.25) is 0 Å². The number of aromatic hydroxyl groups is 1. The summed E-state index contributed by atoms with van der Waals surface area (Å²) in [6, 6.07) is 3.27. The standard InChI is InChI=1S/C12H8FNO4S/c1-5(15)10-9(12(17)18)14-11(19-10)6-2-7(13)4-8(16)3-6/h2-4,16H,1H3,(H,17,18). The van der Waals surface area contributed by atoms with Gasteiger partial charge in [0.15, 0.2) is 11.5 Å². The number of Topliss-reactive ketones (excluding diaryl/α,β-unsaturated/α-hetero) is 1. The Labute approximate surface area is 111 Å². The van der Waals surface area contributed by atoms with E-state index in [1.807, 2.05) is 0 Å². The van der Waals surface area contributed by atoms with Gasteiger partial charge in [-0.2, -0.15) is 0 Å². The van der Waals surface area contributed by atoms with Gasteiger partial charge in [-0.1, -0.05) is 0 Å². The molecule has 0 bridgehead atoms. The number of ketones is 1. The predicted molar refractivity (Wildman–Crippen MR) is 66.1 cm³/mol. The fourth-order valence-electron chi connectivity index (χ4n) is 1.52. The van der Waals surface area contributed by atoms with E-state index >= 15 is 0 Å². The van der Waals surface area contributed by atoms with Crippen molar-refractivity contribution in [2.24, 2.45) is 0 Å². The number of phenolic OH excluding ortho intramolecular Hbond substituents is 1. The van der Waals surface area contributed by atoms with Gasteiger partial charge in [-0.15, -0.1) is 11.3 Å². The van der Waals surface area contributed by atoms with Gasteiger partial charge in [0, 0.05) is 18.6 Å². The zero-order chi connectivity index (χ0) is 14.2. The van der Waals surface area contributed by atoms with Crippen molar-refractivity contribution in [2.45, 2.75) is 6.92 Å². The molecule has 2 rings (SSSR count). The first-order valence-corrected chi connectivity index (χ1v) is 5.95. The third-order valence-corrected chi connectivity index (χ3v) is 3.48. The van der Waals surface area contributed by atoms with Gasteiger partial charge in [-0.25, -0.2) is 14.2 Å². The van der Waals surface area contributed by atoms with Crippen molar-refractivity contribution >= 4 is 23.1 Å². The van der Waals surface area contributed by atoms with E-state index in [0.29, 0.717) is 0 Å². The number of rotatable bonds is 3. The monoisotopic (exact) mass is 281 g/mol. The Morgan fingerprint density at radius 2 is 2.00 bits per heavy atom. The molecule has 1 aromatic carbocycles. The molecule has 0 saturated heterocycles. The number of hydrogen-bond donors (Lipinski definition) is 2.